The molecule has 6 nitrogen and oxygen atoms in total. The van der Waals surface area contributed by atoms with Gasteiger partial charge in [-0.1, -0.05) is 43.5 Å². The van der Waals surface area contributed by atoms with E-state index < -0.39 is 0 Å². The first-order chi connectivity index (χ1) is 17.7. The van der Waals surface area contributed by atoms with Gasteiger partial charge in [-0.25, -0.2) is 4.98 Å². The minimum absolute atomic E-state index is 0.0901. The molecule has 0 saturated heterocycles. The normalized spacial score (nSPS) is 11.3. The number of methoxy groups -OCH3 is 1. The van der Waals surface area contributed by atoms with Crippen molar-refractivity contribution in [1.82, 2.24) is 9.66 Å². The van der Waals surface area contributed by atoms with Crippen LogP contribution in [0.1, 0.15) is 36.5 Å². The summed E-state index contributed by atoms with van der Waals surface area (Å²) in [7, 11) is 1.65. The van der Waals surface area contributed by atoms with E-state index in [0.29, 0.717) is 37.5 Å². The SMILES string of the molecule is C#CCOc1c(Cl)cc(C=Nn2c(-c3cc(C(C)C)c(OC)cc3C)nc3ccccc3c2=O)cc1Br. The third-order valence-corrected chi connectivity index (χ3v) is 6.71. The predicted molar refractivity (Wildman–Crippen MR) is 153 cm³/mol. The Kier molecular flexibility index (Phi) is 8.01. The smallest absolute Gasteiger partial charge is 0.282 e. The number of halogens is 2. The number of benzene rings is 3. The van der Waals surface area contributed by atoms with Crippen LogP contribution in [0.3, 0.4) is 0 Å². The molecule has 0 atom stereocenters. The Bertz CT molecular complexity index is 1600. The lowest BCUT2D eigenvalue weighted by Gasteiger charge is -2.17. The molecule has 0 aliphatic carbocycles. The lowest BCUT2D eigenvalue weighted by atomic mass is 9.96. The first-order valence-corrected chi connectivity index (χ1v) is 12.7. The lowest BCUT2D eigenvalue weighted by Crippen LogP contribution is -2.20. The van der Waals surface area contributed by atoms with Crippen molar-refractivity contribution < 1.29 is 9.47 Å². The average molecular weight is 579 g/mol. The molecule has 0 saturated carbocycles. The van der Waals surface area contributed by atoms with Gasteiger partial charge < -0.3 is 9.47 Å². The van der Waals surface area contributed by atoms with E-state index in [0.717, 1.165) is 22.4 Å². The molecule has 4 rings (SSSR count). The van der Waals surface area contributed by atoms with E-state index in [9.17, 15) is 4.79 Å². The third kappa shape index (κ3) is 5.41. The van der Waals surface area contributed by atoms with Gasteiger partial charge in [0.2, 0.25) is 0 Å². The third-order valence-electron chi connectivity index (χ3n) is 5.84. The maximum absolute atomic E-state index is 13.6. The van der Waals surface area contributed by atoms with Crippen LogP contribution in [-0.2, 0) is 0 Å². The minimum Gasteiger partial charge on any atom is -0.496 e. The second-order valence-corrected chi connectivity index (χ2v) is 9.95. The second kappa shape index (κ2) is 11.2. The van der Waals surface area contributed by atoms with E-state index in [1.165, 1.54) is 4.68 Å². The number of ether oxygens (including phenoxy) is 2. The molecule has 188 valence electrons. The molecule has 37 heavy (non-hydrogen) atoms. The largest absolute Gasteiger partial charge is 0.496 e. The molecule has 0 N–H and O–H groups in total. The van der Waals surface area contributed by atoms with Crippen molar-refractivity contribution in [2.45, 2.75) is 26.7 Å². The van der Waals surface area contributed by atoms with Crippen molar-refractivity contribution in [3.8, 4) is 35.2 Å². The summed E-state index contributed by atoms with van der Waals surface area (Å²) in [6, 6.07) is 14.7. The summed E-state index contributed by atoms with van der Waals surface area (Å²) in [6.45, 7) is 6.24. The maximum Gasteiger partial charge on any atom is 0.282 e. The van der Waals surface area contributed by atoms with Gasteiger partial charge in [-0.05, 0) is 81.9 Å². The van der Waals surface area contributed by atoms with Crippen LogP contribution in [0.2, 0.25) is 5.02 Å². The van der Waals surface area contributed by atoms with Crippen molar-refractivity contribution in [3.05, 3.63) is 85.1 Å². The van der Waals surface area contributed by atoms with Crippen LogP contribution >= 0.6 is 27.5 Å². The topological polar surface area (TPSA) is 65.7 Å². The maximum atomic E-state index is 13.6. The fourth-order valence-electron chi connectivity index (χ4n) is 4.00. The molecule has 0 aliphatic rings. The summed E-state index contributed by atoms with van der Waals surface area (Å²) in [5, 5.41) is 5.40. The van der Waals surface area contributed by atoms with E-state index in [1.54, 1.807) is 37.6 Å². The van der Waals surface area contributed by atoms with Crippen molar-refractivity contribution in [2.75, 3.05) is 13.7 Å². The first-order valence-electron chi connectivity index (χ1n) is 11.6. The fourth-order valence-corrected chi connectivity index (χ4v) is 4.99. The molecule has 0 aliphatic heterocycles. The number of fused-ring (bicyclic) bond motifs is 1. The van der Waals surface area contributed by atoms with Gasteiger partial charge in [0.05, 0.1) is 33.7 Å². The van der Waals surface area contributed by atoms with Gasteiger partial charge in [0.25, 0.3) is 5.56 Å². The van der Waals surface area contributed by atoms with Crippen LogP contribution in [-0.4, -0.2) is 29.6 Å². The Morgan fingerprint density at radius 1 is 1.24 bits per heavy atom. The van der Waals surface area contributed by atoms with Gasteiger partial charge in [-0.3, -0.25) is 4.79 Å². The zero-order valence-electron chi connectivity index (χ0n) is 20.9. The average Bonchev–Trinajstić information content (AvgIpc) is 2.87. The van der Waals surface area contributed by atoms with Crippen molar-refractivity contribution >= 4 is 44.6 Å². The summed E-state index contributed by atoms with van der Waals surface area (Å²) < 4.78 is 13.1. The highest BCUT2D eigenvalue weighted by molar-refractivity contribution is 9.10. The number of rotatable bonds is 7. The van der Waals surface area contributed by atoms with Gasteiger partial charge in [-0.15, -0.1) is 6.42 Å². The molecule has 8 heteroatoms. The van der Waals surface area contributed by atoms with Crippen molar-refractivity contribution in [1.29, 1.82) is 0 Å². The molecular weight excluding hydrogens is 554 g/mol. The summed E-state index contributed by atoms with van der Waals surface area (Å²) >= 11 is 9.87. The van der Waals surface area contributed by atoms with Crippen LogP contribution in [0, 0.1) is 19.3 Å². The zero-order valence-corrected chi connectivity index (χ0v) is 23.2. The highest BCUT2D eigenvalue weighted by Crippen LogP contribution is 2.35. The number of aromatic nitrogens is 2. The van der Waals surface area contributed by atoms with Crippen molar-refractivity contribution in [3.63, 3.8) is 0 Å². The number of hydrogen-bond donors (Lipinski definition) is 0. The Hall–Kier alpha value is -3.60. The highest BCUT2D eigenvalue weighted by Gasteiger charge is 2.18. The molecule has 1 heterocycles. The van der Waals surface area contributed by atoms with E-state index >= 15 is 0 Å². The molecule has 3 aromatic carbocycles. The molecule has 0 unspecified atom stereocenters. The first kappa shape index (κ1) is 26.5. The van der Waals surface area contributed by atoms with Crippen LogP contribution in [0.25, 0.3) is 22.3 Å². The highest BCUT2D eigenvalue weighted by atomic mass is 79.9. The molecular formula is C29H25BrClN3O3. The quantitative estimate of drug-likeness (QED) is 0.178. The van der Waals surface area contributed by atoms with Crippen LogP contribution in [0.5, 0.6) is 11.5 Å². The van der Waals surface area contributed by atoms with Gasteiger partial charge in [-0.2, -0.15) is 9.78 Å². The molecule has 0 fully saturated rings. The summed E-state index contributed by atoms with van der Waals surface area (Å²) in [5.41, 5.74) is 3.69. The van der Waals surface area contributed by atoms with Crippen molar-refractivity contribution in [2.24, 2.45) is 5.10 Å². The van der Waals surface area contributed by atoms with Gasteiger partial charge in [0, 0.05) is 5.56 Å². The van der Waals surface area contributed by atoms with Gasteiger partial charge >= 0.3 is 0 Å². The standard InChI is InChI=1S/C29H25BrClN3O3/c1-6-11-37-27-23(30)13-19(14-24(27)31)16-32-34-28(33-25-10-8-7-9-20(25)29(34)35)22-15-21(17(2)3)26(36-5)12-18(22)4/h1,7-10,12-17H,11H2,2-5H3. The monoisotopic (exact) mass is 577 g/mol. The van der Waals surface area contributed by atoms with Gasteiger partial charge in [0.15, 0.2) is 11.6 Å². The number of terminal acetylenes is 1. The van der Waals surface area contributed by atoms with E-state index in [1.807, 2.05) is 31.2 Å². The summed E-state index contributed by atoms with van der Waals surface area (Å²) in [4.78, 5) is 18.5. The zero-order chi connectivity index (χ0) is 26.7. The van der Waals surface area contributed by atoms with Crippen LogP contribution in [0.4, 0.5) is 0 Å². The number of nitrogens with zero attached hydrogens (tertiary/aromatic N) is 3. The van der Waals surface area contributed by atoms with E-state index in [-0.39, 0.29) is 18.1 Å². The predicted octanol–water partition coefficient (Wildman–Crippen LogP) is 6.81. The Labute approximate surface area is 229 Å². The molecule has 0 radical (unpaired) electrons. The Morgan fingerprint density at radius 3 is 2.68 bits per heavy atom. The minimum atomic E-state index is -0.280. The summed E-state index contributed by atoms with van der Waals surface area (Å²) in [6.07, 6.45) is 6.85. The van der Waals surface area contributed by atoms with Crippen LogP contribution in [0.15, 0.2) is 62.9 Å². The molecule has 1 aromatic heterocycles. The molecule has 4 aromatic rings. The number of aryl methyl sites for hydroxylation is 1. The number of para-hydroxylation sites is 1. The van der Waals surface area contributed by atoms with Gasteiger partial charge in [0.1, 0.15) is 12.4 Å². The fraction of sp³-hybridized carbons (Fsp3) is 0.207. The van der Waals surface area contributed by atoms with Crippen LogP contribution < -0.4 is 15.0 Å². The molecule has 0 amide bonds. The Morgan fingerprint density at radius 2 is 2.00 bits per heavy atom. The second-order valence-electron chi connectivity index (χ2n) is 8.68. The Balaban J connectivity index is 1.92. The molecule has 0 spiro atoms. The number of hydrogen-bond acceptors (Lipinski definition) is 5. The molecule has 0 bridgehead atoms. The summed E-state index contributed by atoms with van der Waals surface area (Å²) in [5.74, 6) is 4.28. The van der Waals surface area contributed by atoms with E-state index in [4.69, 9.17) is 32.5 Å². The lowest BCUT2D eigenvalue weighted by molar-refractivity contribution is 0.368. The van der Waals surface area contributed by atoms with E-state index in [2.05, 4.69) is 40.8 Å².